The van der Waals surface area contributed by atoms with Crippen molar-refractivity contribution in [2.24, 2.45) is 4.99 Å². The zero-order valence-corrected chi connectivity index (χ0v) is 9.57. The van der Waals surface area contributed by atoms with E-state index in [4.69, 9.17) is 0 Å². The van der Waals surface area contributed by atoms with Crippen LogP contribution < -0.4 is 10.6 Å². The maximum atomic E-state index is 12.0. The SMILES string of the molecule is O=C1NC2(CCNCC2)N=C1c1ccccc1. The summed E-state index contributed by atoms with van der Waals surface area (Å²) in [7, 11) is 0. The van der Waals surface area contributed by atoms with Crippen molar-refractivity contribution < 1.29 is 4.79 Å². The van der Waals surface area contributed by atoms with Crippen LogP contribution in [0.3, 0.4) is 0 Å². The minimum absolute atomic E-state index is 0.0434. The zero-order chi connectivity index (χ0) is 11.7. The number of carbonyl (C=O) groups is 1. The largest absolute Gasteiger partial charge is 0.326 e. The van der Waals surface area contributed by atoms with Gasteiger partial charge in [0.25, 0.3) is 5.91 Å². The smallest absolute Gasteiger partial charge is 0.272 e. The van der Waals surface area contributed by atoms with Crippen LogP contribution in [0.4, 0.5) is 0 Å². The summed E-state index contributed by atoms with van der Waals surface area (Å²) in [6.07, 6.45) is 1.74. The second-order valence-electron chi connectivity index (χ2n) is 4.56. The van der Waals surface area contributed by atoms with Crippen LogP contribution in [-0.2, 0) is 4.79 Å². The molecule has 1 aromatic carbocycles. The number of piperidine rings is 1. The van der Waals surface area contributed by atoms with Crippen LogP contribution >= 0.6 is 0 Å². The Bertz CT molecular complexity index is 461. The number of benzene rings is 1. The van der Waals surface area contributed by atoms with Gasteiger partial charge in [0.15, 0.2) is 0 Å². The fourth-order valence-corrected chi connectivity index (χ4v) is 2.43. The first-order valence-corrected chi connectivity index (χ1v) is 5.98. The Labute approximate surface area is 100 Å². The highest BCUT2D eigenvalue weighted by Gasteiger charge is 2.40. The van der Waals surface area contributed by atoms with E-state index in [1.165, 1.54) is 0 Å². The van der Waals surface area contributed by atoms with Gasteiger partial charge < -0.3 is 10.6 Å². The van der Waals surface area contributed by atoms with Crippen molar-refractivity contribution >= 4 is 11.6 Å². The lowest BCUT2D eigenvalue weighted by Crippen LogP contribution is -2.49. The first kappa shape index (κ1) is 10.5. The normalized spacial score (nSPS) is 22.4. The molecule has 1 aromatic rings. The van der Waals surface area contributed by atoms with Gasteiger partial charge >= 0.3 is 0 Å². The molecule has 1 saturated heterocycles. The molecule has 2 aliphatic heterocycles. The lowest BCUT2D eigenvalue weighted by molar-refractivity contribution is -0.115. The van der Waals surface area contributed by atoms with E-state index in [0.717, 1.165) is 31.5 Å². The van der Waals surface area contributed by atoms with Gasteiger partial charge in [-0.1, -0.05) is 30.3 Å². The van der Waals surface area contributed by atoms with Crippen molar-refractivity contribution in [1.82, 2.24) is 10.6 Å². The average Bonchev–Trinajstić information content (AvgIpc) is 2.68. The van der Waals surface area contributed by atoms with Crippen molar-refractivity contribution in [2.45, 2.75) is 18.5 Å². The van der Waals surface area contributed by atoms with E-state index in [9.17, 15) is 4.79 Å². The molecule has 0 aliphatic carbocycles. The molecule has 1 fully saturated rings. The maximum Gasteiger partial charge on any atom is 0.272 e. The molecule has 1 amide bonds. The van der Waals surface area contributed by atoms with Gasteiger partial charge in [-0.2, -0.15) is 0 Å². The number of nitrogens with zero attached hydrogens (tertiary/aromatic N) is 1. The van der Waals surface area contributed by atoms with E-state index >= 15 is 0 Å². The van der Waals surface area contributed by atoms with Crippen LogP contribution in [0, 0.1) is 0 Å². The predicted octanol–water partition coefficient (Wildman–Crippen LogP) is 0.685. The minimum atomic E-state index is -0.354. The van der Waals surface area contributed by atoms with Gasteiger partial charge in [-0.3, -0.25) is 9.79 Å². The molecule has 0 atom stereocenters. The fourth-order valence-electron chi connectivity index (χ4n) is 2.43. The van der Waals surface area contributed by atoms with Crippen molar-refractivity contribution in [3.8, 4) is 0 Å². The third-order valence-corrected chi connectivity index (χ3v) is 3.37. The number of carbonyl (C=O) groups excluding carboxylic acids is 1. The molecule has 2 aliphatic rings. The summed E-state index contributed by atoms with van der Waals surface area (Å²) in [6, 6.07) is 9.66. The summed E-state index contributed by atoms with van der Waals surface area (Å²) in [5.74, 6) is -0.0434. The standard InChI is InChI=1S/C13H15N3O/c17-12-11(10-4-2-1-3-5-10)15-13(16-12)6-8-14-9-7-13/h1-5,14H,6-9H2,(H,16,17). The van der Waals surface area contributed by atoms with E-state index in [0.29, 0.717) is 5.71 Å². The highest BCUT2D eigenvalue weighted by Crippen LogP contribution is 2.25. The number of aliphatic imine (C=N–C) groups is 1. The van der Waals surface area contributed by atoms with Gasteiger partial charge in [-0.25, -0.2) is 0 Å². The number of nitrogens with one attached hydrogen (secondary N) is 2. The summed E-state index contributed by atoms with van der Waals surface area (Å²) >= 11 is 0. The lowest BCUT2D eigenvalue weighted by Gasteiger charge is -2.30. The van der Waals surface area contributed by atoms with Crippen LogP contribution in [0.2, 0.25) is 0 Å². The van der Waals surface area contributed by atoms with Crippen molar-refractivity contribution in [3.05, 3.63) is 35.9 Å². The molecular weight excluding hydrogens is 214 g/mol. The highest BCUT2D eigenvalue weighted by atomic mass is 16.2. The number of hydrogen-bond donors (Lipinski definition) is 2. The van der Waals surface area contributed by atoms with Gasteiger partial charge in [-0.05, 0) is 13.1 Å². The molecule has 17 heavy (non-hydrogen) atoms. The van der Waals surface area contributed by atoms with Crippen molar-refractivity contribution in [1.29, 1.82) is 0 Å². The van der Waals surface area contributed by atoms with E-state index in [1.807, 2.05) is 30.3 Å². The molecule has 0 aromatic heterocycles. The molecule has 2 heterocycles. The molecular formula is C13H15N3O. The first-order chi connectivity index (χ1) is 8.29. The quantitative estimate of drug-likeness (QED) is 0.744. The van der Waals surface area contributed by atoms with Gasteiger partial charge in [-0.15, -0.1) is 0 Å². The zero-order valence-electron chi connectivity index (χ0n) is 9.57. The summed E-state index contributed by atoms with van der Waals surface area (Å²) < 4.78 is 0. The summed E-state index contributed by atoms with van der Waals surface area (Å²) in [5.41, 5.74) is 1.13. The Morgan fingerprint density at radius 3 is 2.53 bits per heavy atom. The molecule has 0 unspecified atom stereocenters. The molecule has 1 spiro atoms. The third-order valence-electron chi connectivity index (χ3n) is 3.37. The summed E-state index contributed by atoms with van der Waals surface area (Å²) in [4.78, 5) is 16.6. The minimum Gasteiger partial charge on any atom is -0.326 e. The van der Waals surface area contributed by atoms with Crippen molar-refractivity contribution in [2.75, 3.05) is 13.1 Å². The Kier molecular flexibility index (Phi) is 2.44. The van der Waals surface area contributed by atoms with Crippen LogP contribution in [0.5, 0.6) is 0 Å². The van der Waals surface area contributed by atoms with Crippen molar-refractivity contribution in [3.63, 3.8) is 0 Å². The van der Waals surface area contributed by atoms with E-state index in [1.54, 1.807) is 0 Å². The number of rotatable bonds is 1. The Balaban J connectivity index is 1.94. The van der Waals surface area contributed by atoms with E-state index in [2.05, 4.69) is 15.6 Å². The Morgan fingerprint density at radius 2 is 1.82 bits per heavy atom. The van der Waals surface area contributed by atoms with Crippen LogP contribution in [-0.4, -0.2) is 30.4 Å². The fraction of sp³-hybridized carbons (Fsp3) is 0.385. The maximum absolute atomic E-state index is 12.0. The van der Waals surface area contributed by atoms with Gasteiger partial charge in [0.1, 0.15) is 11.4 Å². The van der Waals surface area contributed by atoms with E-state index < -0.39 is 0 Å². The number of amides is 1. The topological polar surface area (TPSA) is 53.5 Å². The molecule has 4 heteroatoms. The molecule has 0 bridgehead atoms. The van der Waals surface area contributed by atoms with Gasteiger partial charge in [0, 0.05) is 18.4 Å². The Morgan fingerprint density at radius 1 is 1.12 bits per heavy atom. The van der Waals surface area contributed by atoms with Gasteiger partial charge in [0.05, 0.1) is 0 Å². The molecule has 3 rings (SSSR count). The predicted molar refractivity (Wildman–Crippen MR) is 66.0 cm³/mol. The lowest BCUT2D eigenvalue weighted by atomic mass is 10.00. The third kappa shape index (κ3) is 1.85. The molecule has 4 nitrogen and oxygen atoms in total. The van der Waals surface area contributed by atoms with E-state index in [-0.39, 0.29) is 11.6 Å². The first-order valence-electron chi connectivity index (χ1n) is 5.98. The highest BCUT2D eigenvalue weighted by molar-refractivity contribution is 6.46. The van der Waals surface area contributed by atoms with Crippen LogP contribution in [0.25, 0.3) is 0 Å². The average molecular weight is 229 g/mol. The summed E-state index contributed by atoms with van der Waals surface area (Å²) in [6.45, 7) is 1.82. The van der Waals surface area contributed by atoms with Gasteiger partial charge in [0.2, 0.25) is 0 Å². The molecule has 88 valence electrons. The summed E-state index contributed by atoms with van der Waals surface area (Å²) in [5, 5.41) is 6.32. The van der Waals surface area contributed by atoms with Crippen LogP contribution in [0.1, 0.15) is 18.4 Å². The van der Waals surface area contributed by atoms with Crippen LogP contribution in [0.15, 0.2) is 35.3 Å². The Hall–Kier alpha value is -1.68. The second kappa shape index (κ2) is 3.96. The molecule has 0 saturated carbocycles. The molecule has 0 radical (unpaired) electrons. The molecule has 2 N–H and O–H groups in total. The second-order valence-corrected chi connectivity index (χ2v) is 4.56. The number of hydrogen-bond acceptors (Lipinski definition) is 3. The monoisotopic (exact) mass is 229 g/mol.